The second-order valence-corrected chi connectivity index (χ2v) is 4.73. The SMILES string of the molecule is CCNc1cc(C(=O)NCCOCC2CC2)ccn1. The third kappa shape index (κ3) is 4.87. The zero-order valence-electron chi connectivity index (χ0n) is 11.3. The predicted octanol–water partition coefficient (Wildman–Crippen LogP) is 1.67. The third-order valence-corrected chi connectivity index (χ3v) is 2.96. The van der Waals surface area contributed by atoms with E-state index in [0.29, 0.717) is 18.7 Å². The van der Waals surface area contributed by atoms with Crippen LogP contribution in [-0.4, -0.2) is 37.2 Å². The van der Waals surface area contributed by atoms with Crippen molar-refractivity contribution in [3.8, 4) is 0 Å². The summed E-state index contributed by atoms with van der Waals surface area (Å²) in [5, 5.41) is 5.93. The smallest absolute Gasteiger partial charge is 0.251 e. The first-order valence-electron chi connectivity index (χ1n) is 6.85. The lowest BCUT2D eigenvalue weighted by molar-refractivity contribution is 0.0906. The van der Waals surface area contributed by atoms with Crippen molar-refractivity contribution in [3.63, 3.8) is 0 Å². The van der Waals surface area contributed by atoms with E-state index in [-0.39, 0.29) is 5.91 Å². The predicted molar refractivity (Wildman–Crippen MR) is 74.3 cm³/mol. The molecular formula is C14H21N3O2. The van der Waals surface area contributed by atoms with Crippen molar-refractivity contribution in [1.29, 1.82) is 0 Å². The summed E-state index contributed by atoms with van der Waals surface area (Å²) in [4.78, 5) is 16.0. The summed E-state index contributed by atoms with van der Waals surface area (Å²) in [7, 11) is 0. The van der Waals surface area contributed by atoms with Crippen LogP contribution >= 0.6 is 0 Å². The Morgan fingerprint density at radius 1 is 1.53 bits per heavy atom. The number of nitrogens with zero attached hydrogens (tertiary/aromatic N) is 1. The fraction of sp³-hybridized carbons (Fsp3) is 0.571. The van der Waals surface area contributed by atoms with Crippen LogP contribution in [0.3, 0.4) is 0 Å². The number of nitrogens with one attached hydrogen (secondary N) is 2. The van der Waals surface area contributed by atoms with Crippen molar-refractivity contribution in [2.75, 3.05) is 31.6 Å². The minimum absolute atomic E-state index is 0.0865. The highest BCUT2D eigenvalue weighted by atomic mass is 16.5. The Balaban J connectivity index is 1.70. The Kier molecular flexibility index (Phi) is 5.15. The van der Waals surface area contributed by atoms with Crippen LogP contribution in [0.5, 0.6) is 0 Å². The normalized spacial score (nSPS) is 14.2. The number of carbonyl (C=O) groups excluding carboxylic acids is 1. The molecule has 1 aliphatic rings. The maximum Gasteiger partial charge on any atom is 0.251 e. The number of aromatic nitrogens is 1. The molecule has 19 heavy (non-hydrogen) atoms. The van der Waals surface area contributed by atoms with Gasteiger partial charge in [-0.2, -0.15) is 0 Å². The molecule has 1 heterocycles. The molecule has 5 nitrogen and oxygen atoms in total. The van der Waals surface area contributed by atoms with E-state index in [4.69, 9.17) is 4.74 Å². The molecule has 1 fully saturated rings. The lowest BCUT2D eigenvalue weighted by atomic mass is 10.2. The standard InChI is InChI=1S/C14H21N3O2/c1-2-15-13-9-12(5-6-16-13)14(18)17-7-8-19-10-11-3-4-11/h5-6,9,11H,2-4,7-8,10H2,1H3,(H,15,16)(H,17,18). The number of hydrogen-bond donors (Lipinski definition) is 2. The lowest BCUT2D eigenvalue weighted by Crippen LogP contribution is -2.27. The first-order valence-corrected chi connectivity index (χ1v) is 6.85. The zero-order valence-corrected chi connectivity index (χ0v) is 11.3. The van der Waals surface area contributed by atoms with E-state index in [9.17, 15) is 4.79 Å². The summed E-state index contributed by atoms with van der Waals surface area (Å²) >= 11 is 0. The van der Waals surface area contributed by atoms with Crippen molar-refractivity contribution in [3.05, 3.63) is 23.9 Å². The van der Waals surface area contributed by atoms with Crippen molar-refractivity contribution >= 4 is 11.7 Å². The van der Waals surface area contributed by atoms with Gasteiger partial charge >= 0.3 is 0 Å². The van der Waals surface area contributed by atoms with Gasteiger partial charge in [-0.05, 0) is 37.8 Å². The molecule has 0 unspecified atom stereocenters. The molecule has 0 aromatic carbocycles. The number of ether oxygens (including phenoxy) is 1. The number of amides is 1. The molecule has 0 spiro atoms. The fourth-order valence-electron chi connectivity index (χ4n) is 1.72. The molecule has 1 aliphatic carbocycles. The molecule has 104 valence electrons. The number of hydrogen-bond acceptors (Lipinski definition) is 4. The summed E-state index contributed by atoms with van der Waals surface area (Å²) in [6.45, 7) is 4.73. The van der Waals surface area contributed by atoms with E-state index in [2.05, 4.69) is 15.6 Å². The fourth-order valence-corrected chi connectivity index (χ4v) is 1.72. The van der Waals surface area contributed by atoms with Gasteiger partial charge in [-0.15, -0.1) is 0 Å². The third-order valence-electron chi connectivity index (χ3n) is 2.96. The molecule has 0 saturated heterocycles. The number of carbonyl (C=O) groups is 1. The van der Waals surface area contributed by atoms with Gasteiger partial charge in [0.1, 0.15) is 5.82 Å². The number of pyridine rings is 1. The van der Waals surface area contributed by atoms with Crippen LogP contribution < -0.4 is 10.6 Å². The van der Waals surface area contributed by atoms with Crippen LogP contribution in [0, 0.1) is 5.92 Å². The summed E-state index contributed by atoms with van der Waals surface area (Å²) < 4.78 is 5.47. The van der Waals surface area contributed by atoms with Crippen molar-refractivity contribution in [2.24, 2.45) is 5.92 Å². The van der Waals surface area contributed by atoms with Crippen LogP contribution in [0.15, 0.2) is 18.3 Å². The van der Waals surface area contributed by atoms with E-state index in [0.717, 1.165) is 24.9 Å². The minimum atomic E-state index is -0.0865. The van der Waals surface area contributed by atoms with Crippen molar-refractivity contribution < 1.29 is 9.53 Å². The second-order valence-electron chi connectivity index (χ2n) is 4.73. The molecule has 0 aliphatic heterocycles. The van der Waals surface area contributed by atoms with E-state index < -0.39 is 0 Å². The molecule has 0 bridgehead atoms. The van der Waals surface area contributed by atoms with E-state index in [1.807, 2.05) is 6.92 Å². The van der Waals surface area contributed by atoms with Crippen LogP contribution in [0.4, 0.5) is 5.82 Å². The first-order chi connectivity index (χ1) is 9.29. The minimum Gasteiger partial charge on any atom is -0.379 e. The quantitative estimate of drug-likeness (QED) is 0.700. The Bertz CT molecular complexity index is 419. The molecule has 0 radical (unpaired) electrons. The molecule has 5 heteroatoms. The Morgan fingerprint density at radius 2 is 2.37 bits per heavy atom. The molecule has 2 N–H and O–H groups in total. The van der Waals surface area contributed by atoms with Crippen LogP contribution in [0.1, 0.15) is 30.1 Å². The van der Waals surface area contributed by atoms with E-state index >= 15 is 0 Å². The van der Waals surface area contributed by atoms with E-state index in [1.54, 1.807) is 18.3 Å². The van der Waals surface area contributed by atoms with Gasteiger partial charge in [0.25, 0.3) is 5.91 Å². The van der Waals surface area contributed by atoms with Crippen LogP contribution in [-0.2, 0) is 4.74 Å². The topological polar surface area (TPSA) is 63.2 Å². The highest BCUT2D eigenvalue weighted by Gasteiger charge is 2.20. The molecule has 1 aromatic heterocycles. The molecule has 1 saturated carbocycles. The van der Waals surface area contributed by atoms with Crippen molar-refractivity contribution in [2.45, 2.75) is 19.8 Å². The monoisotopic (exact) mass is 263 g/mol. The Morgan fingerprint density at radius 3 is 3.11 bits per heavy atom. The van der Waals surface area contributed by atoms with Crippen molar-refractivity contribution in [1.82, 2.24) is 10.3 Å². The zero-order chi connectivity index (χ0) is 13.5. The van der Waals surface area contributed by atoms with Gasteiger partial charge in [-0.25, -0.2) is 4.98 Å². The first kappa shape index (κ1) is 13.8. The molecule has 1 amide bonds. The highest BCUT2D eigenvalue weighted by Crippen LogP contribution is 2.28. The van der Waals surface area contributed by atoms with Crippen LogP contribution in [0.2, 0.25) is 0 Å². The van der Waals surface area contributed by atoms with Gasteiger partial charge in [-0.3, -0.25) is 4.79 Å². The van der Waals surface area contributed by atoms with Gasteiger partial charge in [0.15, 0.2) is 0 Å². The lowest BCUT2D eigenvalue weighted by Gasteiger charge is -2.07. The maximum absolute atomic E-state index is 11.9. The van der Waals surface area contributed by atoms with E-state index in [1.165, 1.54) is 12.8 Å². The number of anilines is 1. The van der Waals surface area contributed by atoms with Gasteiger partial charge in [-0.1, -0.05) is 0 Å². The summed E-state index contributed by atoms with van der Waals surface area (Å²) in [5.41, 5.74) is 0.619. The van der Waals surface area contributed by atoms with Gasteiger partial charge in [0.2, 0.25) is 0 Å². The summed E-state index contributed by atoms with van der Waals surface area (Å²) in [6, 6.07) is 3.46. The van der Waals surface area contributed by atoms with Gasteiger partial charge in [0.05, 0.1) is 6.61 Å². The Labute approximate surface area is 113 Å². The largest absolute Gasteiger partial charge is 0.379 e. The maximum atomic E-state index is 11.9. The van der Waals surface area contributed by atoms with Gasteiger partial charge < -0.3 is 15.4 Å². The molecular weight excluding hydrogens is 242 g/mol. The average Bonchev–Trinajstić information content (AvgIpc) is 3.23. The van der Waals surface area contributed by atoms with Gasteiger partial charge in [0, 0.05) is 31.5 Å². The Hall–Kier alpha value is -1.62. The molecule has 2 rings (SSSR count). The van der Waals surface area contributed by atoms with Crippen LogP contribution in [0.25, 0.3) is 0 Å². The summed E-state index contributed by atoms with van der Waals surface area (Å²) in [5.74, 6) is 1.40. The number of rotatable bonds is 8. The second kappa shape index (κ2) is 7.09. The molecule has 0 atom stereocenters. The molecule has 1 aromatic rings. The summed E-state index contributed by atoms with van der Waals surface area (Å²) in [6.07, 6.45) is 4.21. The average molecular weight is 263 g/mol. The highest BCUT2D eigenvalue weighted by molar-refractivity contribution is 5.94.